The number of aliphatic carboxylic acids is 1. The Balaban J connectivity index is 1.99. The van der Waals surface area contributed by atoms with Gasteiger partial charge in [-0.3, -0.25) is 9.59 Å². The predicted octanol–water partition coefficient (Wildman–Crippen LogP) is 3.16. The third-order valence-corrected chi connectivity index (χ3v) is 5.21. The second kappa shape index (κ2) is 6.77. The van der Waals surface area contributed by atoms with Crippen LogP contribution >= 0.6 is 11.3 Å². The molecule has 1 atom stereocenters. The van der Waals surface area contributed by atoms with Gasteiger partial charge in [0.05, 0.1) is 5.01 Å². The van der Waals surface area contributed by atoms with E-state index in [1.54, 1.807) is 0 Å². The van der Waals surface area contributed by atoms with Crippen LogP contribution in [0.5, 0.6) is 0 Å². The molecule has 1 fully saturated rings. The van der Waals surface area contributed by atoms with Crippen LogP contribution in [-0.4, -0.2) is 40.0 Å². The number of carboxylic acids is 1. The van der Waals surface area contributed by atoms with Gasteiger partial charge in [-0.1, -0.05) is 20.8 Å². The number of nitrogens with zero attached hydrogens (tertiary/aromatic N) is 2. The molecule has 2 heterocycles. The highest BCUT2D eigenvalue weighted by Gasteiger charge is 2.27. The lowest BCUT2D eigenvalue weighted by atomic mass is 9.93. The van der Waals surface area contributed by atoms with Gasteiger partial charge in [0.2, 0.25) is 0 Å². The summed E-state index contributed by atoms with van der Waals surface area (Å²) in [5, 5.41) is 11.6. The number of thiazole rings is 1. The molecule has 6 heteroatoms. The molecule has 0 aromatic carbocycles. The fourth-order valence-electron chi connectivity index (χ4n) is 2.69. The monoisotopic (exact) mass is 324 g/mol. The van der Waals surface area contributed by atoms with Gasteiger partial charge in [-0.15, -0.1) is 11.3 Å². The lowest BCUT2D eigenvalue weighted by Gasteiger charge is -2.32. The van der Waals surface area contributed by atoms with Gasteiger partial charge in [0.15, 0.2) is 0 Å². The molecule has 1 N–H and O–H groups in total. The molecule has 1 unspecified atom stereocenters. The topological polar surface area (TPSA) is 70.5 Å². The molecule has 0 saturated carbocycles. The van der Waals surface area contributed by atoms with Crippen molar-refractivity contribution in [2.45, 2.75) is 51.9 Å². The van der Waals surface area contributed by atoms with E-state index >= 15 is 0 Å². The van der Waals surface area contributed by atoms with Crippen molar-refractivity contribution in [2.75, 3.05) is 13.1 Å². The van der Waals surface area contributed by atoms with Gasteiger partial charge in [0, 0.05) is 30.3 Å². The molecule has 1 aliphatic rings. The van der Waals surface area contributed by atoms with Crippen molar-refractivity contribution in [3.63, 3.8) is 0 Å². The van der Waals surface area contributed by atoms with E-state index in [4.69, 9.17) is 5.11 Å². The summed E-state index contributed by atoms with van der Waals surface area (Å²) >= 11 is 1.53. The van der Waals surface area contributed by atoms with Crippen LogP contribution < -0.4 is 0 Å². The minimum Gasteiger partial charge on any atom is -0.481 e. The molecule has 0 spiro atoms. The fraction of sp³-hybridized carbons (Fsp3) is 0.688. The van der Waals surface area contributed by atoms with Crippen molar-refractivity contribution < 1.29 is 14.7 Å². The summed E-state index contributed by atoms with van der Waals surface area (Å²) < 4.78 is 0. The maximum Gasteiger partial charge on any atom is 0.303 e. The minimum atomic E-state index is -0.766. The Morgan fingerprint density at radius 3 is 2.77 bits per heavy atom. The van der Waals surface area contributed by atoms with Crippen molar-refractivity contribution in [3.8, 4) is 0 Å². The molecular formula is C16H24N2O3S. The number of hydrogen-bond donors (Lipinski definition) is 1. The maximum absolute atomic E-state index is 12.6. The van der Waals surface area contributed by atoms with Crippen LogP contribution in [0.25, 0.3) is 0 Å². The summed E-state index contributed by atoms with van der Waals surface area (Å²) in [6.45, 7) is 7.65. The molecule has 5 nitrogen and oxygen atoms in total. The quantitative estimate of drug-likeness (QED) is 0.923. The number of carbonyl (C=O) groups is 2. The molecule has 22 heavy (non-hydrogen) atoms. The molecule has 1 aromatic heterocycles. The SMILES string of the molecule is CC(C)(C)c1nc(C(=O)N2CCCC(CCC(=O)O)C2)cs1. The van der Waals surface area contributed by atoms with Gasteiger partial charge in [-0.25, -0.2) is 4.98 Å². The molecule has 0 radical (unpaired) electrons. The highest BCUT2D eigenvalue weighted by atomic mass is 32.1. The van der Waals surface area contributed by atoms with Gasteiger partial charge < -0.3 is 10.0 Å². The fourth-order valence-corrected chi connectivity index (χ4v) is 3.57. The second-order valence-electron chi connectivity index (χ2n) is 6.98. The Morgan fingerprint density at radius 2 is 2.18 bits per heavy atom. The number of hydrogen-bond acceptors (Lipinski definition) is 4. The first-order valence-electron chi connectivity index (χ1n) is 7.74. The summed E-state index contributed by atoms with van der Waals surface area (Å²) in [4.78, 5) is 29.6. The zero-order valence-corrected chi connectivity index (χ0v) is 14.3. The Morgan fingerprint density at radius 1 is 1.45 bits per heavy atom. The van der Waals surface area contributed by atoms with Crippen LogP contribution in [0.1, 0.15) is 62.0 Å². The molecule has 1 saturated heterocycles. The number of amides is 1. The van der Waals surface area contributed by atoms with Gasteiger partial charge in [0.25, 0.3) is 5.91 Å². The van der Waals surface area contributed by atoms with E-state index in [-0.39, 0.29) is 23.7 Å². The number of aromatic nitrogens is 1. The van der Waals surface area contributed by atoms with E-state index in [0.29, 0.717) is 18.7 Å². The molecule has 122 valence electrons. The highest BCUT2D eigenvalue weighted by molar-refractivity contribution is 7.10. The van der Waals surface area contributed by atoms with Crippen LogP contribution in [0.3, 0.4) is 0 Å². The number of carbonyl (C=O) groups excluding carboxylic acids is 1. The van der Waals surface area contributed by atoms with Gasteiger partial charge in [0.1, 0.15) is 5.69 Å². The average Bonchev–Trinajstić information content (AvgIpc) is 2.94. The van der Waals surface area contributed by atoms with E-state index in [0.717, 1.165) is 24.4 Å². The molecule has 1 aromatic rings. The van der Waals surface area contributed by atoms with Gasteiger partial charge >= 0.3 is 5.97 Å². The van der Waals surface area contributed by atoms with Crippen LogP contribution in [0.4, 0.5) is 0 Å². The number of rotatable bonds is 4. The Hall–Kier alpha value is -1.43. The van der Waals surface area contributed by atoms with Crippen LogP contribution in [0.2, 0.25) is 0 Å². The molecular weight excluding hydrogens is 300 g/mol. The lowest BCUT2D eigenvalue weighted by Crippen LogP contribution is -2.40. The average molecular weight is 324 g/mol. The standard InChI is InChI=1S/C16H24N2O3S/c1-16(2,3)15-17-12(10-22-15)14(21)18-8-4-5-11(9-18)6-7-13(19)20/h10-11H,4-9H2,1-3H3,(H,19,20). The minimum absolute atomic E-state index is 0.0215. The lowest BCUT2D eigenvalue weighted by molar-refractivity contribution is -0.137. The van der Waals surface area contributed by atoms with Gasteiger partial charge in [-0.05, 0) is 25.2 Å². The van der Waals surface area contributed by atoms with Crippen molar-refractivity contribution in [2.24, 2.45) is 5.92 Å². The summed E-state index contributed by atoms with van der Waals surface area (Å²) in [5.41, 5.74) is 0.476. The summed E-state index contributed by atoms with van der Waals surface area (Å²) in [6.07, 6.45) is 2.76. The van der Waals surface area contributed by atoms with Crippen molar-refractivity contribution in [1.29, 1.82) is 0 Å². The Bertz CT molecular complexity index is 548. The van der Waals surface area contributed by atoms with E-state index in [1.807, 2.05) is 10.3 Å². The van der Waals surface area contributed by atoms with Crippen LogP contribution in [0, 0.1) is 5.92 Å². The van der Waals surface area contributed by atoms with Crippen LogP contribution in [-0.2, 0) is 10.2 Å². The number of carboxylic acid groups (broad SMARTS) is 1. The largest absolute Gasteiger partial charge is 0.481 e. The normalized spacial score (nSPS) is 19.2. The first-order chi connectivity index (χ1) is 10.3. The predicted molar refractivity (Wildman–Crippen MR) is 86.3 cm³/mol. The smallest absolute Gasteiger partial charge is 0.303 e. The van der Waals surface area contributed by atoms with E-state index in [9.17, 15) is 9.59 Å². The van der Waals surface area contributed by atoms with E-state index < -0.39 is 5.97 Å². The van der Waals surface area contributed by atoms with Crippen molar-refractivity contribution >= 4 is 23.2 Å². The zero-order chi connectivity index (χ0) is 16.3. The first-order valence-corrected chi connectivity index (χ1v) is 8.62. The maximum atomic E-state index is 12.6. The van der Waals surface area contributed by atoms with E-state index in [1.165, 1.54) is 11.3 Å². The van der Waals surface area contributed by atoms with E-state index in [2.05, 4.69) is 25.8 Å². The molecule has 0 bridgehead atoms. The van der Waals surface area contributed by atoms with Crippen molar-refractivity contribution in [3.05, 3.63) is 16.1 Å². The summed E-state index contributed by atoms with van der Waals surface area (Å²) in [7, 11) is 0. The summed E-state index contributed by atoms with van der Waals surface area (Å²) in [5.74, 6) is -0.501. The first kappa shape index (κ1) is 16.9. The van der Waals surface area contributed by atoms with Crippen LogP contribution in [0.15, 0.2) is 5.38 Å². The Labute approximate surface area is 135 Å². The number of piperidine rings is 1. The molecule has 0 aliphatic carbocycles. The Kier molecular flexibility index (Phi) is 5.21. The molecule has 1 aliphatic heterocycles. The third kappa shape index (κ3) is 4.29. The highest BCUT2D eigenvalue weighted by Crippen LogP contribution is 2.27. The summed E-state index contributed by atoms with van der Waals surface area (Å²) in [6, 6.07) is 0. The van der Waals surface area contributed by atoms with Crippen molar-refractivity contribution in [1.82, 2.24) is 9.88 Å². The zero-order valence-electron chi connectivity index (χ0n) is 13.5. The molecule has 2 rings (SSSR count). The number of likely N-dealkylation sites (tertiary alicyclic amines) is 1. The third-order valence-electron chi connectivity index (χ3n) is 3.94. The van der Waals surface area contributed by atoms with Gasteiger partial charge in [-0.2, -0.15) is 0 Å². The molecule has 1 amide bonds. The second-order valence-corrected chi connectivity index (χ2v) is 7.84.